The van der Waals surface area contributed by atoms with Crippen molar-refractivity contribution in [2.45, 2.75) is 58.0 Å². The predicted octanol–water partition coefficient (Wildman–Crippen LogP) is 3.38. The summed E-state index contributed by atoms with van der Waals surface area (Å²) in [4.78, 5) is 0. The third-order valence-electron chi connectivity index (χ3n) is 3.07. The molecule has 1 rings (SSSR count). The van der Waals surface area contributed by atoms with Crippen molar-refractivity contribution >= 4 is 0 Å². The third-order valence-corrected chi connectivity index (χ3v) is 3.07. The van der Waals surface area contributed by atoms with Gasteiger partial charge >= 0.3 is 0 Å². The highest BCUT2D eigenvalue weighted by Gasteiger charge is 2.23. The minimum absolute atomic E-state index is 0.574. The van der Waals surface area contributed by atoms with Crippen molar-refractivity contribution in [2.24, 2.45) is 5.92 Å². The number of hydrogen-bond acceptors (Lipinski definition) is 1. The molecule has 0 aromatic carbocycles. The summed E-state index contributed by atoms with van der Waals surface area (Å²) in [6.45, 7) is 2.27. The Morgan fingerprint density at radius 2 is 2.00 bits per heavy atom. The molecule has 1 fully saturated rings. The summed E-state index contributed by atoms with van der Waals surface area (Å²) in [5, 5.41) is 0. The van der Waals surface area contributed by atoms with Crippen molar-refractivity contribution < 1.29 is 4.74 Å². The molecule has 0 aliphatic heterocycles. The van der Waals surface area contributed by atoms with Gasteiger partial charge in [0.1, 0.15) is 0 Å². The second-order valence-electron chi connectivity index (χ2n) is 3.96. The van der Waals surface area contributed by atoms with Gasteiger partial charge < -0.3 is 4.74 Å². The van der Waals surface area contributed by atoms with Crippen LogP contribution in [0.25, 0.3) is 0 Å². The maximum Gasteiger partial charge on any atom is 0.0599 e. The standard InChI is InChI=1S/C11H22O/c1-3-4-7-10-8-5-6-9-11(10)12-2/h10-11H,3-9H2,1-2H3. The molecule has 2 unspecified atom stereocenters. The van der Waals surface area contributed by atoms with Crippen LogP contribution >= 0.6 is 0 Å². The second kappa shape index (κ2) is 5.58. The van der Waals surface area contributed by atoms with Crippen molar-refractivity contribution in [2.75, 3.05) is 7.11 Å². The van der Waals surface area contributed by atoms with E-state index in [0.29, 0.717) is 6.10 Å². The Kier molecular flexibility index (Phi) is 4.67. The van der Waals surface area contributed by atoms with Gasteiger partial charge in [-0.3, -0.25) is 0 Å². The van der Waals surface area contributed by atoms with Gasteiger partial charge in [-0.15, -0.1) is 0 Å². The first-order valence-corrected chi connectivity index (χ1v) is 5.41. The SMILES string of the molecule is CCCCC1CCCCC1OC. The van der Waals surface area contributed by atoms with Crippen LogP contribution in [0.15, 0.2) is 0 Å². The monoisotopic (exact) mass is 170 g/mol. The fourth-order valence-corrected chi connectivity index (χ4v) is 2.28. The molecule has 0 aromatic heterocycles. The number of ether oxygens (including phenoxy) is 1. The lowest BCUT2D eigenvalue weighted by Crippen LogP contribution is -2.26. The van der Waals surface area contributed by atoms with Gasteiger partial charge in [0, 0.05) is 7.11 Å². The fourth-order valence-electron chi connectivity index (χ4n) is 2.28. The van der Waals surface area contributed by atoms with Crippen LogP contribution in [0.5, 0.6) is 0 Å². The summed E-state index contributed by atoms with van der Waals surface area (Å²) in [5.74, 6) is 0.865. The Hall–Kier alpha value is -0.0400. The lowest BCUT2D eigenvalue weighted by molar-refractivity contribution is 0.0196. The van der Waals surface area contributed by atoms with Gasteiger partial charge in [0.05, 0.1) is 6.10 Å². The summed E-state index contributed by atoms with van der Waals surface area (Å²) in [6.07, 6.45) is 10.2. The Bertz CT molecular complexity index is 112. The summed E-state index contributed by atoms with van der Waals surface area (Å²) < 4.78 is 5.50. The van der Waals surface area contributed by atoms with E-state index in [9.17, 15) is 0 Å². The van der Waals surface area contributed by atoms with Gasteiger partial charge in [-0.2, -0.15) is 0 Å². The fraction of sp³-hybridized carbons (Fsp3) is 1.00. The zero-order valence-corrected chi connectivity index (χ0v) is 8.51. The molecule has 1 aliphatic rings. The Morgan fingerprint density at radius 1 is 1.25 bits per heavy atom. The van der Waals surface area contributed by atoms with Gasteiger partial charge in [0.25, 0.3) is 0 Å². The van der Waals surface area contributed by atoms with Crippen molar-refractivity contribution in [1.29, 1.82) is 0 Å². The van der Waals surface area contributed by atoms with E-state index in [1.165, 1.54) is 44.9 Å². The van der Waals surface area contributed by atoms with E-state index in [1.54, 1.807) is 0 Å². The summed E-state index contributed by atoms with van der Waals surface area (Å²) in [5.41, 5.74) is 0. The maximum atomic E-state index is 5.50. The average molecular weight is 170 g/mol. The molecule has 0 amide bonds. The molecule has 72 valence electrons. The minimum atomic E-state index is 0.574. The topological polar surface area (TPSA) is 9.23 Å². The first-order chi connectivity index (χ1) is 5.88. The van der Waals surface area contributed by atoms with Crippen LogP contribution in [0.4, 0.5) is 0 Å². The van der Waals surface area contributed by atoms with E-state index in [4.69, 9.17) is 4.74 Å². The van der Waals surface area contributed by atoms with Crippen LogP contribution in [0, 0.1) is 5.92 Å². The van der Waals surface area contributed by atoms with Crippen LogP contribution in [0.1, 0.15) is 51.9 Å². The van der Waals surface area contributed by atoms with Gasteiger partial charge in [-0.1, -0.05) is 32.6 Å². The molecule has 2 atom stereocenters. The lowest BCUT2D eigenvalue weighted by atomic mass is 9.83. The van der Waals surface area contributed by atoms with Crippen LogP contribution in [-0.4, -0.2) is 13.2 Å². The summed E-state index contributed by atoms with van der Waals surface area (Å²) in [7, 11) is 1.87. The van der Waals surface area contributed by atoms with Crippen molar-refractivity contribution in [3.05, 3.63) is 0 Å². The molecule has 0 spiro atoms. The van der Waals surface area contributed by atoms with Gasteiger partial charge in [-0.05, 0) is 25.2 Å². The van der Waals surface area contributed by atoms with Crippen LogP contribution in [0.2, 0.25) is 0 Å². The molecule has 1 aliphatic carbocycles. The van der Waals surface area contributed by atoms with E-state index in [0.717, 1.165) is 5.92 Å². The molecular formula is C11H22O. The zero-order valence-electron chi connectivity index (χ0n) is 8.51. The molecule has 0 saturated heterocycles. The molecule has 1 saturated carbocycles. The predicted molar refractivity (Wildman–Crippen MR) is 52.3 cm³/mol. The largest absolute Gasteiger partial charge is 0.381 e. The summed E-state index contributed by atoms with van der Waals surface area (Å²) in [6, 6.07) is 0. The Labute approximate surface area is 76.5 Å². The van der Waals surface area contributed by atoms with Crippen molar-refractivity contribution in [3.8, 4) is 0 Å². The van der Waals surface area contributed by atoms with E-state index >= 15 is 0 Å². The lowest BCUT2D eigenvalue weighted by Gasteiger charge is -2.30. The molecule has 0 radical (unpaired) electrons. The number of unbranched alkanes of at least 4 members (excludes halogenated alkanes) is 1. The van der Waals surface area contributed by atoms with E-state index in [2.05, 4.69) is 6.92 Å². The third kappa shape index (κ3) is 2.78. The number of hydrogen-bond donors (Lipinski definition) is 0. The maximum absolute atomic E-state index is 5.50. The molecular weight excluding hydrogens is 148 g/mol. The van der Waals surface area contributed by atoms with Crippen LogP contribution < -0.4 is 0 Å². The first-order valence-electron chi connectivity index (χ1n) is 5.41. The average Bonchev–Trinajstić information content (AvgIpc) is 2.15. The van der Waals surface area contributed by atoms with Crippen molar-refractivity contribution in [3.63, 3.8) is 0 Å². The minimum Gasteiger partial charge on any atom is -0.381 e. The van der Waals surface area contributed by atoms with Crippen molar-refractivity contribution in [1.82, 2.24) is 0 Å². The van der Waals surface area contributed by atoms with Gasteiger partial charge in [0.15, 0.2) is 0 Å². The van der Waals surface area contributed by atoms with E-state index in [-0.39, 0.29) is 0 Å². The number of rotatable bonds is 4. The first kappa shape index (κ1) is 10.0. The van der Waals surface area contributed by atoms with Gasteiger partial charge in [-0.25, -0.2) is 0 Å². The van der Waals surface area contributed by atoms with Gasteiger partial charge in [0.2, 0.25) is 0 Å². The summed E-state index contributed by atoms with van der Waals surface area (Å²) >= 11 is 0. The van der Waals surface area contributed by atoms with Crippen LogP contribution in [0.3, 0.4) is 0 Å². The molecule has 0 aromatic rings. The van der Waals surface area contributed by atoms with Crippen LogP contribution in [-0.2, 0) is 4.74 Å². The Balaban J connectivity index is 2.26. The molecule has 0 heterocycles. The van der Waals surface area contributed by atoms with E-state index < -0.39 is 0 Å². The number of methoxy groups -OCH3 is 1. The molecule has 1 nitrogen and oxygen atoms in total. The normalized spacial score (nSPS) is 30.5. The zero-order chi connectivity index (χ0) is 8.81. The molecule has 1 heteroatoms. The highest BCUT2D eigenvalue weighted by molar-refractivity contribution is 4.75. The second-order valence-corrected chi connectivity index (χ2v) is 3.96. The Morgan fingerprint density at radius 3 is 2.67 bits per heavy atom. The highest BCUT2D eigenvalue weighted by atomic mass is 16.5. The smallest absolute Gasteiger partial charge is 0.0599 e. The highest BCUT2D eigenvalue weighted by Crippen LogP contribution is 2.29. The quantitative estimate of drug-likeness (QED) is 0.628. The molecule has 12 heavy (non-hydrogen) atoms. The molecule has 0 bridgehead atoms. The molecule has 0 N–H and O–H groups in total. The van der Waals surface area contributed by atoms with E-state index in [1.807, 2.05) is 7.11 Å².